The Hall–Kier alpha value is -1.82. The molecular formula is C12H12FN3OS. The fraction of sp³-hybridized carbons (Fsp3) is 0.167. The van der Waals surface area contributed by atoms with Crippen molar-refractivity contribution in [2.24, 2.45) is 7.05 Å². The van der Waals surface area contributed by atoms with Crippen LogP contribution in [0.3, 0.4) is 0 Å². The normalized spacial score (nSPS) is 10.4. The number of thiol groups is 1. The zero-order valence-electron chi connectivity index (χ0n) is 9.72. The molecule has 1 N–H and O–H groups in total. The molecule has 1 aromatic heterocycles. The van der Waals surface area contributed by atoms with Crippen LogP contribution in [0.5, 0.6) is 0 Å². The number of nitrogens with zero attached hydrogens (tertiary/aromatic N) is 2. The van der Waals surface area contributed by atoms with E-state index in [1.165, 1.54) is 18.2 Å². The molecule has 0 aliphatic heterocycles. The van der Waals surface area contributed by atoms with Crippen LogP contribution in [-0.4, -0.2) is 15.7 Å². The number of benzene rings is 1. The summed E-state index contributed by atoms with van der Waals surface area (Å²) in [4.78, 5) is 12.3. The second-order valence-electron chi connectivity index (χ2n) is 3.87. The maximum atomic E-state index is 13.4. The molecule has 4 nitrogen and oxygen atoms in total. The third-order valence-electron chi connectivity index (χ3n) is 2.41. The summed E-state index contributed by atoms with van der Waals surface area (Å²) in [5.41, 5.74) is 0.847. The van der Waals surface area contributed by atoms with E-state index in [0.29, 0.717) is 11.4 Å². The van der Waals surface area contributed by atoms with Crippen LogP contribution in [0.25, 0.3) is 0 Å². The van der Waals surface area contributed by atoms with Gasteiger partial charge in [0.15, 0.2) is 0 Å². The van der Waals surface area contributed by atoms with Crippen LogP contribution in [0.1, 0.15) is 15.9 Å². The summed E-state index contributed by atoms with van der Waals surface area (Å²) in [7, 11) is 1.79. The first kappa shape index (κ1) is 12.6. The lowest BCUT2D eigenvalue weighted by molar-refractivity contribution is 0.0946. The number of carbonyl (C=O) groups excluding carboxylic acids is 1. The Morgan fingerprint density at radius 3 is 3.00 bits per heavy atom. The molecule has 1 amide bonds. The number of nitrogens with one attached hydrogen (secondary N) is 1. The molecule has 1 aromatic carbocycles. The minimum absolute atomic E-state index is 0.00797. The van der Waals surface area contributed by atoms with Crippen molar-refractivity contribution in [1.29, 1.82) is 0 Å². The number of hydrogen-bond acceptors (Lipinski definition) is 3. The molecule has 2 rings (SSSR count). The molecule has 0 fully saturated rings. The van der Waals surface area contributed by atoms with Gasteiger partial charge in [-0.15, -0.1) is 12.6 Å². The Morgan fingerprint density at radius 1 is 1.56 bits per heavy atom. The molecule has 0 spiro atoms. The van der Waals surface area contributed by atoms with Gasteiger partial charge in [0.1, 0.15) is 5.82 Å². The number of aryl methyl sites for hydroxylation is 1. The Balaban J connectivity index is 2.05. The predicted molar refractivity (Wildman–Crippen MR) is 68.0 cm³/mol. The summed E-state index contributed by atoms with van der Waals surface area (Å²) in [6.45, 7) is 0.308. The van der Waals surface area contributed by atoms with Gasteiger partial charge in [-0.25, -0.2) is 4.39 Å². The van der Waals surface area contributed by atoms with Gasteiger partial charge in [0.25, 0.3) is 5.91 Å². The molecule has 0 saturated carbocycles. The molecule has 2 aromatic rings. The van der Waals surface area contributed by atoms with Gasteiger partial charge in [-0.3, -0.25) is 9.48 Å². The van der Waals surface area contributed by atoms with Crippen molar-refractivity contribution in [2.75, 3.05) is 0 Å². The third-order valence-corrected chi connectivity index (χ3v) is 2.68. The summed E-state index contributed by atoms with van der Waals surface area (Å²) in [5, 5.41) is 6.61. The Morgan fingerprint density at radius 2 is 2.33 bits per heavy atom. The smallest absolute Gasteiger partial charge is 0.254 e. The highest BCUT2D eigenvalue weighted by Crippen LogP contribution is 2.13. The van der Waals surface area contributed by atoms with E-state index < -0.39 is 11.7 Å². The Labute approximate surface area is 109 Å². The maximum absolute atomic E-state index is 13.4. The minimum Gasteiger partial charge on any atom is -0.348 e. The van der Waals surface area contributed by atoms with Crippen molar-refractivity contribution in [3.8, 4) is 0 Å². The molecule has 0 bridgehead atoms. The van der Waals surface area contributed by atoms with Crippen molar-refractivity contribution in [1.82, 2.24) is 15.1 Å². The van der Waals surface area contributed by atoms with Gasteiger partial charge in [-0.05, 0) is 18.2 Å². The average Bonchev–Trinajstić information content (AvgIpc) is 2.75. The first-order chi connectivity index (χ1) is 8.56. The van der Waals surface area contributed by atoms with Crippen LogP contribution in [-0.2, 0) is 13.6 Å². The molecule has 0 saturated heterocycles. The van der Waals surface area contributed by atoms with Crippen molar-refractivity contribution < 1.29 is 9.18 Å². The van der Waals surface area contributed by atoms with E-state index in [2.05, 4.69) is 23.0 Å². The first-order valence-electron chi connectivity index (χ1n) is 5.30. The second kappa shape index (κ2) is 5.22. The van der Waals surface area contributed by atoms with Gasteiger partial charge in [0.2, 0.25) is 0 Å². The Bertz CT molecular complexity index is 582. The summed E-state index contributed by atoms with van der Waals surface area (Å²) in [5.74, 6) is -1.02. The number of aromatic nitrogens is 2. The first-order valence-corrected chi connectivity index (χ1v) is 5.75. The lowest BCUT2D eigenvalue weighted by atomic mass is 10.2. The summed E-state index contributed by atoms with van der Waals surface area (Å²) >= 11 is 4.08. The van der Waals surface area contributed by atoms with Gasteiger partial charge in [-0.2, -0.15) is 5.10 Å². The zero-order chi connectivity index (χ0) is 13.1. The molecule has 0 radical (unpaired) electrons. The molecule has 94 valence electrons. The van der Waals surface area contributed by atoms with Crippen molar-refractivity contribution in [2.45, 2.75) is 11.4 Å². The van der Waals surface area contributed by atoms with Crippen LogP contribution in [0.15, 0.2) is 35.5 Å². The van der Waals surface area contributed by atoms with Crippen molar-refractivity contribution in [3.05, 3.63) is 47.5 Å². The topological polar surface area (TPSA) is 46.9 Å². The number of amides is 1. The molecule has 0 aliphatic rings. The molecular weight excluding hydrogens is 253 g/mol. The molecule has 6 heteroatoms. The highest BCUT2D eigenvalue weighted by Gasteiger charge is 2.11. The fourth-order valence-corrected chi connectivity index (χ4v) is 1.73. The van der Waals surface area contributed by atoms with E-state index in [4.69, 9.17) is 0 Å². The standard InChI is InChI=1S/C12H12FN3OS/c1-16-7-8(6-15-16)5-14-12(17)10-4-9(18)2-3-11(10)13/h2-4,6-7,18H,5H2,1H3,(H,14,17). The van der Waals surface area contributed by atoms with E-state index in [0.717, 1.165) is 5.56 Å². The van der Waals surface area contributed by atoms with E-state index in [1.54, 1.807) is 24.1 Å². The van der Waals surface area contributed by atoms with Crippen molar-refractivity contribution in [3.63, 3.8) is 0 Å². The number of carbonyl (C=O) groups is 1. The summed E-state index contributed by atoms with van der Waals surface area (Å²) < 4.78 is 15.1. The van der Waals surface area contributed by atoms with E-state index in [1.807, 2.05) is 0 Å². The quantitative estimate of drug-likeness (QED) is 0.831. The second-order valence-corrected chi connectivity index (χ2v) is 4.39. The zero-order valence-corrected chi connectivity index (χ0v) is 10.6. The fourth-order valence-electron chi connectivity index (χ4n) is 1.53. The largest absolute Gasteiger partial charge is 0.348 e. The third kappa shape index (κ3) is 2.89. The van der Waals surface area contributed by atoms with Gasteiger partial charge in [0.05, 0.1) is 11.8 Å². The van der Waals surface area contributed by atoms with Gasteiger partial charge < -0.3 is 5.32 Å². The van der Waals surface area contributed by atoms with E-state index >= 15 is 0 Å². The maximum Gasteiger partial charge on any atom is 0.254 e. The monoisotopic (exact) mass is 265 g/mol. The highest BCUT2D eigenvalue weighted by atomic mass is 32.1. The SMILES string of the molecule is Cn1cc(CNC(=O)c2cc(S)ccc2F)cn1. The molecule has 1 heterocycles. The lowest BCUT2D eigenvalue weighted by Crippen LogP contribution is -2.23. The lowest BCUT2D eigenvalue weighted by Gasteiger charge is -2.05. The molecule has 0 unspecified atom stereocenters. The van der Waals surface area contributed by atoms with Gasteiger partial charge in [-0.1, -0.05) is 0 Å². The van der Waals surface area contributed by atoms with Crippen LogP contribution >= 0.6 is 12.6 Å². The number of halogens is 1. The Kier molecular flexibility index (Phi) is 3.66. The molecule has 0 aliphatic carbocycles. The number of rotatable bonds is 3. The van der Waals surface area contributed by atoms with Gasteiger partial charge in [0, 0.05) is 30.2 Å². The molecule has 18 heavy (non-hydrogen) atoms. The van der Waals surface area contributed by atoms with Crippen molar-refractivity contribution >= 4 is 18.5 Å². The van der Waals surface area contributed by atoms with Crippen LogP contribution in [0, 0.1) is 5.82 Å². The van der Waals surface area contributed by atoms with Gasteiger partial charge >= 0.3 is 0 Å². The summed E-state index contributed by atoms with van der Waals surface area (Å²) in [6, 6.07) is 4.12. The molecule has 0 atom stereocenters. The minimum atomic E-state index is -0.559. The van der Waals surface area contributed by atoms with E-state index in [-0.39, 0.29) is 5.56 Å². The van der Waals surface area contributed by atoms with Crippen LogP contribution in [0.2, 0.25) is 0 Å². The number of hydrogen-bond donors (Lipinski definition) is 2. The van der Waals surface area contributed by atoms with E-state index in [9.17, 15) is 9.18 Å². The predicted octanol–water partition coefficient (Wildman–Crippen LogP) is 1.78. The van der Waals surface area contributed by atoms with Crippen LogP contribution < -0.4 is 5.32 Å². The highest BCUT2D eigenvalue weighted by molar-refractivity contribution is 7.80. The average molecular weight is 265 g/mol. The van der Waals surface area contributed by atoms with Crippen LogP contribution in [0.4, 0.5) is 4.39 Å². The summed E-state index contributed by atoms with van der Waals surface area (Å²) in [6.07, 6.45) is 3.43.